The van der Waals surface area contributed by atoms with Gasteiger partial charge >= 0.3 is 0 Å². The third kappa shape index (κ3) is 5.84. The van der Waals surface area contributed by atoms with Gasteiger partial charge in [0.15, 0.2) is 11.5 Å². The molecule has 1 saturated heterocycles. The van der Waals surface area contributed by atoms with Crippen LogP contribution < -0.4 is 14.8 Å². The van der Waals surface area contributed by atoms with Crippen molar-refractivity contribution in [1.29, 1.82) is 0 Å². The van der Waals surface area contributed by atoms with Crippen LogP contribution in [-0.4, -0.2) is 42.2 Å². The van der Waals surface area contributed by atoms with E-state index in [1.807, 2.05) is 32.0 Å². The quantitative estimate of drug-likeness (QED) is 0.422. The molecule has 8 heteroatoms. The lowest BCUT2D eigenvalue weighted by atomic mass is 10.0. The molecule has 0 radical (unpaired) electrons. The Labute approximate surface area is 197 Å². The molecular weight excluding hydrogens is 440 g/mol. The van der Waals surface area contributed by atoms with Gasteiger partial charge in [-0.3, -0.25) is 19.3 Å². The second-order valence-electron chi connectivity index (χ2n) is 7.32. The number of thioether (sulfide) groups is 1. The summed E-state index contributed by atoms with van der Waals surface area (Å²) in [5, 5.41) is 2.21. The van der Waals surface area contributed by atoms with Crippen LogP contribution in [-0.2, 0) is 16.0 Å². The predicted molar refractivity (Wildman–Crippen MR) is 131 cm³/mol. The van der Waals surface area contributed by atoms with E-state index >= 15 is 0 Å². The molecule has 7 nitrogen and oxygen atoms in total. The maximum absolute atomic E-state index is 12.9. The van der Waals surface area contributed by atoms with E-state index in [0.717, 1.165) is 27.8 Å². The molecule has 3 rings (SSSR count). The number of allylic oxidation sites excluding steroid dienone is 1. The molecule has 0 bridgehead atoms. The van der Waals surface area contributed by atoms with Crippen LogP contribution in [0.4, 0.5) is 10.5 Å². The number of hydrogen-bond acceptors (Lipinski definition) is 6. The normalized spacial score (nSPS) is 14.5. The number of nitrogens with zero attached hydrogens (tertiary/aromatic N) is 1. The van der Waals surface area contributed by atoms with E-state index in [9.17, 15) is 14.4 Å². The first-order chi connectivity index (χ1) is 15.9. The molecule has 0 spiro atoms. The molecule has 3 amide bonds. The molecule has 1 fully saturated rings. The lowest BCUT2D eigenvalue weighted by Crippen LogP contribution is -2.36. The van der Waals surface area contributed by atoms with Crippen LogP contribution in [0, 0.1) is 6.92 Å². The van der Waals surface area contributed by atoms with E-state index in [4.69, 9.17) is 9.47 Å². The minimum Gasteiger partial charge on any atom is -0.493 e. The van der Waals surface area contributed by atoms with Crippen LogP contribution in [0.5, 0.6) is 11.5 Å². The van der Waals surface area contributed by atoms with Crippen molar-refractivity contribution in [1.82, 2.24) is 4.90 Å². The highest BCUT2D eigenvalue weighted by atomic mass is 32.2. The molecule has 1 aliphatic heterocycles. The summed E-state index contributed by atoms with van der Waals surface area (Å²) >= 11 is 0.800. The van der Waals surface area contributed by atoms with Gasteiger partial charge in [0.1, 0.15) is 6.54 Å². The summed E-state index contributed by atoms with van der Waals surface area (Å²) in [6.07, 6.45) is 3.92. The van der Waals surface area contributed by atoms with Crippen LogP contribution in [0.15, 0.2) is 54.0 Å². The van der Waals surface area contributed by atoms with E-state index in [2.05, 4.69) is 11.9 Å². The van der Waals surface area contributed by atoms with Crippen LogP contribution in [0.25, 0.3) is 6.08 Å². The van der Waals surface area contributed by atoms with Gasteiger partial charge in [-0.05, 0) is 67.9 Å². The Balaban J connectivity index is 1.79. The largest absolute Gasteiger partial charge is 0.493 e. The predicted octanol–water partition coefficient (Wildman–Crippen LogP) is 4.81. The zero-order valence-corrected chi connectivity index (χ0v) is 19.7. The van der Waals surface area contributed by atoms with Crippen molar-refractivity contribution < 1.29 is 23.9 Å². The van der Waals surface area contributed by atoms with E-state index < -0.39 is 17.1 Å². The molecule has 1 N–H and O–H groups in total. The number of rotatable bonds is 9. The second kappa shape index (κ2) is 10.9. The number of amides is 3. The molecular formula is C25H26N2O5S. The van der Waals surface area contributed by atoms with E-state index in [-0.39, 0.29) is 11.4 Å². The Morgan fingerprint density at radius 3 is 2.58 bits per heavy atom. The zero-order chi connectivity index (χ0) is 24.0. The topological polar surface area (TPSA) is 84.9 Å². The van der Waals surface area contributed by atoms with Crippen LogP contribution >= 0.6 is 11.8 Å². The Morgan fingerprint density at radius 2 is 1.94 bits per heavy atom. The first kappa shape index (κ1) is 24.1. The minimum atomic E-state index is -0.512. The third-order valence-electron chi connectivity index (χ3n) is 4.84. The lowest BCUT2D eigenvalue weighted by Gasteiger charge is -2.15. The molecule has 2 aromatic carbocycles. The van der Waals surface area contributed by atoms with Gasteiger partial charge in [-0.2, -0.15) is 0 Å². The molecule has 1 heterocycles. The van der Waals surface area contributed by atoms with Gasteiger partial charge in [-0.1, -0.05) is 23.8 Å². The van der Waals surface area contributed by atoms with Crippen molar-refractivity contribution in [2.24, 2.45) is 0 Å². The number of aryl methyl sites for hydroxylation is 1. The van der Waals surface area contributed by atoms with Gasteiger partial charge < -0.3 is 14.8 Å². The van der Waals surface area contributed by atoms with Gasteiger partial charge in [-0.15, -0.1) is 6.58 Å². The fourth-order valence-corrected chi connectivity index (χ4v) is 4.14. The smallest absolute Gasteiger partial charge is 0.294 e. The average molecular weight is 467 g/mol. The molecule has 0 saturated carbocycles. The molecule has 1 aliphatic rings. The Hall–Kier alpha value is -3.52. The minimum absolute atomic E-state index is 0.235. The average Bonchev–Trinajstić information content (AvgIpc) is 3.04. The SMILES string of the molecule is C=CCc1cc(/C=C2\SC(=O)N(CC(=O)Nc3ccc(C)cc3)C2=O)cc(OC)c1OCC. The molecule has 33 heavy (non-hydrogen) atoms. The highest BCUT2D eigenvalue weighted by Crippen LogP contribution is 2.37. The highest BCUT2D eigenvalue weighted by Gasteiger charge is 2.36. The van der Waals surface area contributed by atoms with Crippen LogP contribution in [0.2, 0.25) is 0 Å². The van der Waals surface area contributed by atoms with Gasteiger partial charge in [0.05, 0.1) is 18.6 Å². The number of imide groups is 1. The number of hydrogen-bond donors (Lipinski definition) is 1. The first-order valence-corrected chi connectivity index (χ1v) is 11.2. The summed E-state index contributed by atoms with van der Waals surface area (Å²) in [5.74, 6) is 0.192. The van der Waals surface area contributed by atoms with E-state index in [0.29, 0.717) is 35.8 Å². The number of nitrogens with one attached hydrogen (secondary N) is 1. The second-order valence-corrected chi connectivity index (χ2v) is 8.31. The Bertz CT molecular complexity index is 1110. The number of benzene rings is 2. The molecule has 0 aromatic heterocycles. The Kier molecular flexibility index (Phi) is 7.95. The Morgan fingerprint density at radius 1 is 1.21 bits per heavy atom. The van der Waals surface area contributed by atoms with Gasteiger partial charge in [0, 0.05) is 11.3 Å². The summed E-state index contributed by atoms with van der Waals surface area (Å²) in [6, 6.07) is 10.9. The molecule has 0 unspecified atom stereocenters. The molecule has 2 aromatic rings. The lowest BCUT2D eigenvalue weighted by molar-refractivity contribution is -0.127. The monoisotopic (exact) mass is 466 g/mol. The highest BCUT2D eigenvalue weighted by molar-refractivity contribution is 8.18. The molecule has 0 aliphatic carbocycles. The van der Waals surface area contributed by atoms with Gasteiger partial charge in [-0.25, -0.2) is 0 Å². The fraction of sp³-hybridized carbons (Fsp3) is 0.240. The van der Waals surface area contributed by atoms with E-state index in [1.165, 1.54) is 0 Å². The summed E-state index contributed by atoms with van der Waals surface area (Å²) in [5.41, 5.74) is 3.20. The standard InChI is InChI=1S/C25H26N2O5S/c1-5-7-18-12-17(13-20(31-4)23(18)32-6-2)14-21-24(29)27(25(30)33-21)15-22(28)26-19-10-8-16(3)9-11-19/h5,8-14H,1,6-7,15H2,2-4H3,(H,26,28)/b21-14-. The number of methoxy groups -OCH3 is 1. The maximum Gasteiger partial charge on any atom is 0.294 e. The van der Waals surface area contributed by atoms with Gasteiger partial charge in [0.25, 0.3) is 11.1 Å². The van der Waals surface area contributed by atoms with Crippen molar-refractivity contribution >= 4 is 40.6 Å². The third-order valence-corrected chi connectivity index (χ3v) is 5.74. The molecule has 0 atom stereocenters. The number of ether oxygens (including phenoxy) is 2. The summed E-state index contributed by atoms with van der Waals surface area (Å²) in [7, 11) is 1.54. The fourth-order valence-electron chi connectivity index (χ4n) is 3.30. The summed E-state index contributed by atoms with van der Waals surface area (Å²) < 4.78 is 11.2. The van der Waals surface area contributed by atoms with Crippen LogP contribution in [0.1, 0.15) is 23.6 Å². The maximum atomic E-state index is 12.9. The van der Waals surface area contributed by atoms with Crippen molar-refractivity contribution in [2.45, 2.75) is 20.3 Å². The van der Waals surface area contributed by atoms with Crippen molar-refractivity contribution in [3.63, 3.8) is 0 Å². The van der Waals surface area contributed by atoms with Gasteiger partial charge in [0.2, 0.25) is 5.91 Å². The number of carbonyl (C=O) groups is 3. The van der Waals surface area contributed by atoms with Crippen molar-refractivity contribution in [3.05, 3.63) is 70.6 Å². The zero-order valence-electron chi connectivity index (χ0n) is 18.8. The van der Waals surface area contributed by atoms with Crippen LogP contribution in [0.3, 0.4) is 0 Å². The number of carbonyl (C=O) groups excluding carboxylic acids is 3. The summed E-state index contributed by atoms with van der Waals surface area (Å²) in [4.78, 5) is 38.8. The van der Waals surface area contributed by atoms with E-state index in [1.54, 1.807) is 37.5 Å². The number of anilines is 1. The van der Waals surface area contributed by atoms with Crippen molar-refractivity contribution in [2.75, 3.05) is 25.6 Å². The first-order valence-electron chi connectivity index (χ1n) is 10.4. The summed E-state index contributed by atoms with van der Waals surface area (Å²) in [6.45, 7) is 7.73. The molecule has 172 valence electrons. The van der Waals surface area contributed by atoms with Crippen molar-refractivity contribution in [3.8, 4) is 11.5 Å².